The molecule has 0 bridgehead atoms. The second kappa shape index (κ2) is 6.83. The summed E-state index contributed by atoms with van der Waals surface area (Å²) in [7, 11) is 0. The number of anilines is 1. The largest absolute Gasteiger partial charge is 0.322 e. The van der Waals surface area contributed by atoms with E-state index in [1.807, 2.05) is 46.9 Å². The van der Waals surface area contributed by atoms with E-state index in [0.29, 0.717) is 9.13 Å². The van der Waals surface area contributed by atoms with Crippen molar-refractivity contribution in [1.29, 1.82) is 0 Å². The van der Waals surface area contributed by atoms with Crippen LogP contribution in [0.4, 0.5) is 10.1 Å². The predicted molar refractivity (Wildman–Crippen MR) is 87.5 cm³/mol. The van der Waals surface area contributed by atoms with Gasteiger partial charge in [0.2, 0.25) is 0 Å². The van der Waals surface area contributed by atoms with E-state index in [4.69, 9.17) is 0 Å². The summed E-state index contributed by atoms with van der Waals surface area (Å²) in [5.41, 5.74) is 2.47. The monoisotopic (exact) mass is 383 g/mol. The second-order valence-corrected chi connectivity index (χ2v) is 5.69. The number of carbonyl (C=O) groups is 1. The average molecular weight is 383 g/mol. The molecule has 2 aromatic carbocycles. The summed E-state index contributed by atoms with van der Waals surface area (Å²) in [6.07, 6.45) is 2.13. The van der Waals surface area contributed by atoms with Gasteiger partial charge in [-0.25, -0.2) is 4.39 Å². The Morgan fingerprint density at radius 2 is 1.90 bits per heavy atom. The first kappa shape index (κ1) is 15.0. The first-order chi connectivity index (χ1) is 9.60. The molecule has 0 saturated heterocycles. The Bertz CT molecular complexity index is 610. The summed E-state index contributed by atoms with van der Waals surface area (Å²) in [5.74, 6) is -0.562. The molecule has 0 spiro atoms. The Morgan fingerprint density at radius 3 is 2.50 bits per heavy atom. The minimum Gasteiger partial charge on any atom is -0.322 e. The van der Waals surface area contributed by atoms with Crippen molar-refractivity contribution in [3.63, 3.8) is 0 Å². The van der Waals surface area contributed by atoms with Gasteiger partial charge in [-0.3, -0.25) is 4.79 Å². The molecule has 0 heterocycles. The fourth-order valence-electron chi connectivity index (χ4n) is 1.92. The molecule has 2 nitrogen and oxygen atoms in total. The molecule has 0 saturated carbocycles. The van der Waals surface area contributed by atoms with E-state index in [9.17, 15) is 9.18 Å². The predicted octanol–water partition coefficient (Wildman–Crippen LogP) is 4.64. The fraction of sp³-hybridized carbons (Fsp3) is 0.188. The molecule has 1 N–H and O–H groups in total. The molecule has 20 heavy (non-hydrogen) atoms. The fourth-order valence-corrected chi connectivity index (χ4v) is 2.64. The van der Waals surface area contributed by atoms with Crippen LogP contribution in [-0.2, 0) is 6.42 Å². The Hall–Kier alpha value is -1.43. The summed E-state index contributed by atoms with van der Waals surface area (Å²) >= 11 is 1.96. The van der Waals surface area contributed by atoms with Crippen LogP contribution in [0.5, 0.6) is 0 Å². The number of nitrogens with one attached hydrogen (secondary N) is 1. The molecule has 2 rings (SSSR count). The lowest BCUT2D eigenvalue weighted by Gasteiger charge is -2.08. The number of rotatable bonds is 4. The molecule has 0 aromatic heterocycles. The molecule has 4 heteroatoms. The Labute approximate surface area is 131 Å². The van der Waals surface area contributed by atoms with Gasteiger partial charge < -0.3 is 5.32 Å². The van der Waals surface area contributed by atoms with Crippen molar-refractivity contribution in [3.8, 4) is 0 Å². The van der Waals surface area contributed by atoms with Crippen LogP contribution in [0, 0.1) is 9.39 Å². The number of hydrogen-bond donors (Lipinski definition) is 1. The minimum absolute atomic E-state index is 0.224. The summed E-state index contributed by atoms with van der Waals surface area (Å²) in [5, 5.41) is 2.82. The third-order valence-corrected chi connectivity index (χ3v) is 3.82. The lowest BCUT2D eigenvalue weighted by Crippen LogP contribution is -2.13. The highest BCUT2D eigenvalue weighted by Crippen LogP contribution is 2.17. The average Bonchev–Trinajstić information content (AvgIpc) is 2.41. The Kier molecular flexibility index (Phi) is 5.11. The van der Waals surface area contributed by atoms with Crippen molar-refractivity contribution in [3.05, 3.63) is 63.0 Å². The lowest BCUT2D eigenvalue weighted by atomic mass is 10.1. The molecule has 0 aliphatic heterocycles. The third-order valence-electron chi connectivity index (χ3n) is 2.93. The highest BCUT2D eigenvalue weighted by Gasteiger charge is 2.10. The zero-order valence-corrected chi connectivity index (χ0v) is 13.3. The van der Waals surface area contributed by atoms with E-state index < -0.39 is 0 Å². The molecule has 2 aromatic rings. The Balaban J connectivity index is 2.11. The van der Waals surface area contributed by atoms with Crippen molar-refractivity contribution in [1.82, 2.24) is 0 Å². The second-order valence-electron chi connectivity index (χ2n) is 4.53. The molecule has 0 unspecified atom stereocenters. The highest BCUT2D eigenvalue weighted by atomic mass is 127. The van der Waals surface area contributed by atoms with Crippen molar-refractivity contribution >= 4 is 34.2 Å². The number of aryl methyl sites for hydroxylation is 1. The zero-order valence-electron chi connectivity index (χ0n) is 11.1. The van der Waals surface area contributed by atoms with Crippen LogP contribution >= 0.6 is 22.6 Å². The van der Waals surface area contributed by atoms with Gasteiger partial charge >= 0.3 is 0 Å². The van der Waals surface area contributed by atoms with Crippen LogP contribution in [-0.4, -0.2) is 5.91 Å². The van der Waals surface area contributed by atoms with E-state index in [-0.39, 0.29) is 11.7 Å². The molecular weight excluding hydrogens is 368 g/mol. The minimum atomic E-state index is -0.338. The van der Waals surface area contributed by atoms with Gasteiger partial charge in [-0.15, -0.1) is 0 Å². The van der Waals surface area contributed by atoms with Crippen LogP contribution in [0.15, 0.2) is 42.5 Å². The van der Waals surface area contributed by atoms with Gasteiger partial charge in [-0.2, -0.15) is 0 Å². The van der Waals surface area contributed by atoms with Crippen LogP contribution in [0.3, 0.4) is 0 Å². The molecule has 104 valence electrons. The molecular formula is C16H15FINO. The zero-order chi connectivity index (χ0) is 14.5. The van der Waals surface area contributed by atoms with Gasteiger partial charge in [-0.05, 0) is 64.9 Å². The topological polar surface area (TPSA) is 29.1 Å². The van der Waals surface area contributed by atoms with Crippen LogP contribution in [0.1, 0.15) is 29.3 Å². The van der Waals surface area contributed by atoms with Crippen molar-refractivity contribution in [2.24, 2.45) is 0 Å². The number of carbonyl (C=O) groups excluding carboxylic acids is 1. The summed E-state index contributed by atoms with van der Waals surface area (Å²) in [4.78, 5) is 12.1. The molecule has 0 radical (unpaired) electrons. The van der Waals surface area contributed by atoms with E-state index >= 15 is 0 Å². The standard InChI is InChI=1S/C16H15FINO/c1-2-3-11-4-7-13(8-5-11)19-16(20)14-9-6-12(17)10-15(14)18/h4-10H,2-3H2,1H3,(H,19,20). The third kappa shape index (κ3) is 3.79. The van der Waals surface area contributed by atoms with Crippen LogP contribution in [0.25, 0.3) is 0 Å². The molecule has 0 aliphatic carbocycles. The molecule has 0 aliphatic rings. The maximum atomic E-state index is 13.0. The summed E-state index contributed by atoms with van der Waals surface area (Å²) in [6.45, 7) is 2.13. The quantitative estimate of drug-likeness (QED) is 0.767. The summed E-state index contributed by atoms with van der Waals surface area (Å²) < 4.78 is 13.6. The lowest BCUT2D eigenvalue weighted by molar-refractivity contribution is 0.102. The number of amides is 1. The van der Waals surface area contributed by atoms with Crippen molar-refractivity contribution in [2.75, 3.05) is 5.32 Å². The van der Waals surface area contributed by atoms with Gasteiger partial charge in [0.05, 0.1) is 5.56 Å². The number of benzene rings is 2. The summed E-state index contributed by atoms with van der Waals surface area (Å²) in [6, 6.07) is 11.9. The molecule has 0 atom stereocenters. The number of halogens is 2. The normalized spacial score (nSPS) is 10.3. The smallest absolute Gasteiger partial charge is 0.256 e. The van der Waals surface area contributed by atoms with Crippen molar-refractivity contribution in [2.45, 2.75) is 19.8 Å². The van der Waals surface area contributed by atoms with E-state index in [2.05, 4.69) is 12.2 Å². The first-order valence-electron chi connectivity index (χ1n) is 6.45. The van der Waals surface area contributed by atoms with Gasteiger partial charge in [0, 0.05) is 9.26 Å². The van der Waals surface area contributed by atoms with Gasteiger partial charge in [0.1, 0.15) is 5.82 Å². The Morgan fingerprint density at radius 1 is 1.20 bits per heavy atom. The van der Waals surface area contributed by atoms with Crippen molar-refractivity contribution < 1.29 is 9.18 Å². The molecule has 0 fully saturated rings. The SMILES string of the molecule is CCCc1ccc(NC(=O)c2ccc(F)cc2I)cc1. The van der Waals surface area contributed by atoms with Crippen LogP contribution < -0.4 is 5.32 Å². The van der Waals surface area contributed by atoms with E-state index in [0.717, 1.165) is 18.5 Å². The van der Waals surface area contributed by atoms with Gasteiger partial charge in [-0.1, -0.05) is 25.5 Å². The van der Waals surface area contributed by atoms with Crippen LogP contribution in [0.2, 0.25) is 0 Å². The van der Waals surface area contributed by atoms with Gasteiger partial charge in [0.25, 0.3) is 5.91 Å². The van der Waals surface area contributed by atoms with E-state index in [1.54, 1.807) is 0 Å². The van der Waals surface area contributed by atoms with Gasteiger partial charge in [0.15, 0.2) is 0 Å². The number of hydrogen-bond acceptors (Lipinski definition) is 1. The first-order valence-corrected chi connectivity index (χ1v) is 7.53. The highest BCUT2D eigenvalue weighted by molar-refractivity contribution is 14.1. The maximum absolute atomic E-state index is 13.0. The molecule has 1 amide bonds. The van der Waals surface area contributed by atoms with E-state index in [1.165, 1.54) is 23.8 Å². The maximum Gasteiger partial charge on any atom is 0.256 e.